The minimum atomic E-state index is -0.157. The third kappa shape index (κ3) is 7.90. The molecule has 4 nitrogen and oxygen atoms in total. The van der Waals surface area contributed by atoms with Crippen molar-refractivity contribution >= 4 is 56.2 Å². The molecule has 0 amide bonds. The number of rotatable bonds is 11. The van der Waals surface area contributed by atoms with Crippen LogP contribution in [0, 0.1) is 0 Å². The summed E-state index contributed by atoms with van der Waals surface area (Å²) in [5.74, 6) is 0. The molecular weight excluding hydrogens is 651 g/mol. The average molecular weight is 704 g/mol. The van der Waals surface area contributed by atoms with Crippen molar-refractivity contribution in [3.05, 3.63) is 92.1 Å². The molecule has 0 spiro atoms. The molecule has 238 valence electrons. The maximum absolute atomic E-state index is 6.49. The molecule has 0 atom stereocenters. The zero-order valence-corrected chi connectivity index (χ0v) is 31.5. The van der Waals surface area contributed by atoms with Gasteiger partial charge in [-0.3, -0.25) is 0 Å². The van der Waals surface area contributed by atoms with Crippen LogP contribution in [0.15, 0.2) is 70.9 Å². The van der Waals surface area contributed by atoms with Gasteiger partial charge in [0.05, 0.1) is 67.2 Å². The molecule has 44 heavy (non-hydrogen) atoms. The first kappa shape index (κ1) is 35.0. The van der Waals surface area contributed by atoms with Crippen molar-refractivity contribution in [3.63, 3.8) is 0 Å². The van der Waals surface area contributed by atoms with Crippen LogP contribution in [0.4, 0.5) is 11.4 Å². The van der Waals surface area contributed by atoms with Crippen LogP contribution in [0.3, 0.4) is 0 Å². The Morgan fingerprint density at radius 1 is 0.841 bits per heavy atom. The van der Waals surface area contributed by atoms with Crippen LogP contribution >= 0.6 is 39.1 Å². The maximum atomic E-state index is 6.49. The van der Waals surface area contributed by atoms with E-state index in [0.717, 1.165) is 62.5 Å². The van der Waals surface area contributed by atoms with Gasteiger partial charge in [-0.1, -0.05) is 53.0 Å². The highest BCUT2D eigenvalue weighted by Gasteiger charge is 2.44. The van der Waals surface area contributed by atoms with Gasteiger partial charge < -0.3 is 13.9 Å². The predicted molar refractivity (Wildman–Crippen MR) is 195 cm³/mol. The summed E-state index contributed by atoms with van der Waals surface area (Å²) in [6.07, 6.45) is 11.2. The van der Waals surface area contributed by atoms with E-state index in [2.05, 4.69) is 144 Å². The molecule has 0 aromatic heterocycles. The van der Waals surface area contributed by atoms with Gasteiger partial charge in [0, 0.05) is 62.0 Å². The number of anilines is 1. The molecule has 0 N–H and O–H groups in total. The third-order valence-electron chi connectivity index (χ3n) is 8.93. The Hall–Kier alpha value is -1.89. The molecular formula is C37H52BrCl2N4+3. The van der Waals surface area contributed by atoms with Gasteiger partial charge in [-0.05, 0) is 68.0 Å². The van der Waals surface area contributed by atoms with Crippen LogP contribution in [0.5, 0.6) is 0 Å². The number of nitrogens with zero attached hydrogens (tertiary/aromatic N) is 4. The third-order valence-corrected chi connectivity index (χ3v) is 9.93. The van der Waals surface area contributed by atoms with E-state index in [-0.39, 0.29) is 10.8 Å². The van der Waals surface area contributed by atoms with Gasteiger partial charge in [-0.25, -0.2) is 0 Å². The first-order valence-corrected chi connectivity index (χ1v) is 17.3. The molecule has 2 aliphatic rings. The summed E-state index contributed by atoms with van der Waals surface area (Å²) in [5.41, 5.74) is 7.36. The summed E-state index contributed by atoms with van der Waals surface area (Å²) in [6.45, 7) is 13.4. The normalized spacial score (nSPS) is 19.0. The van der Waals surface area contributed by atoms with Crippen molar-refractivity contribution in [1.82, 2.24) is 0 Å². The zero-order chi connectivity index (χ0) is 32.7. The van der Waals surface area contributed by atoms with Gasteiger partial charge >= 0.3 is 0 Å². The van der Waals surface area contributed by atoms with Gasteiger partial charge in [0.25, 0.3) is 0 Å². The average Bonchev–Trinajstić information content (AvgIpc) is 3.22. The highest BCUT2D eigenvalue weighted by molar-refractivity contribution is 9.11. The fourth-order valence-electron chi connectivity index (χ4n) is 6.56. The lowest BCUT2D eigenvalue weighted by Gasteiger charge is -2.29. The van der Waals surface area contributed by atoms with Gasteiger partial charge in [0.2, 0.25) is 5.69 Å². The highest BCUT2D eigenvalue weighted by Crippen LogP contribution is 2.49. The molecule has 0 radical (unpaired) electrons. The number of hydrogen-bond donors (Lipinski definition) is 0. The van der Waals surface area contributed by atoms with Crippen LogP contribution in [-0.4, -0.2) is 87.7 Å². The maximum Gasteiger partial charge on any atom is 0.209 e. The monoisotopic (exact) mass is 701 g/mol. The Balaban J connectivity index is 1.67. The van der Waals surface area contributed by atoms with Gasteiger partial charge in [0.15, 0.2) is 12.3 Å². The lowest BCUT2D eigenvalue weighted by molar-refractivity contribution is -0.871. The molecule has 2 aromatic rings. The standard InChI is InChI=1S/C37H52BrCl2N4/c1-36(2)30-25-28(39)15-17-32(30)41(21-11-23-43(5,6)7)34(36)19-13-27(38)14-20-35-37(3,4)31-26-29(40)16-18-33(31)42(35)22-12-24-44(8,9)10/h13-20,25-26H,11-12,21-24H2,1-10H3/q+3. The largest absolute Gasteiger partial charge is 0.344 e. The fourth-order valence-corrected chi connectivity index (χ4v) is 7.16. The van der Waals surface area contributed by atoms with E-state index in [1.807, 2.05) is 12.1 Å². The lowest BCUT2D eigenvalue weighted by Crippen LogP contribution is -2.37. The molecule has 4 rings (SSSR count). The van der Waals surface area contributed by atoms with Crippen molar-refractivity contribution in [2.75, 3.05) is 73.4 Å². The molecule has 0 aliphatic carbocycles. The van der Waals surface area contributed by atoms with E-state index in [1.165, 1.54) is 33.9 Å². The minimum absolute atomic E-state index is 0.157. The second-order valence-electron chi connectivity index (χ2n) is 15.4. The number of allylic oxidation sites excluding steroid dienone is 6. The summed E-state index contributed by atoms with van der Waals surface area (Å²) in [6, 6.07) is 12.7. The first-order chi connectivity index (χ1) is 20.3. The van der Waals surface area contributed by atoms with E-state index < -0.39 is 0 Å². The molecule has 0 fully saturated rings. The van der Waals surface area contributed by atoms with Gasteiger partial charge in [0.1, 0.15) is 0 Å². The molecule has 0 saturated carbocycles. The number of fused-ring (bicyclic) bond motifs is 2. The molecule has 2 heterocycles. The summed E-state index contributed by atoms with van der Waals surface area (Å²) in [5, 5.41) is 1.57. The Kier molecular flexibility index (Phi) is 10.4. The van der Waals surface area contributed by atoms with Crippen LogP contribution in [-0.2, 0) is 10.8 Å². The Bertz CT molecular complexity index is 1520. The SMILES string of the molecule is CC1(C)C(=CC=C(Br)C=CC2=[N+](CCC[N+](C)(C)C)c3ccc(Cl)cc3C2(C)C)N(CCC[N+](C)(C)C)c2ccc(Cl)cc21. The molecule has 0 saturated heterocycles. The zero-order valence-electron chi connectivity index (χ0n) is 28.4. The van der Waals surface area contributed by atoms with Crippen LogP contribution in [0.25, 0.3) is 0 Å². The molecule has 2 aliphatic heterocycles. The number of hydrogen-bond acceptors (Lipinski definition) is 1. The summed E-state index contributed by atoms with van der Waals surface area (Å²) < 4.78 is 5.44. The Morgan fingerprint density at radius 2 is 1.43 bits per heavy atom. The molecule has 0 bridgehead atoms. The molecule has 0 unspecified atom stereocenters. The quantitative estimate of drug-likeness (QED) is 0.129. The van der Waals surface area contributed by atoms with Crippen molar-refractivity contribution in [2.45, 2.75) is 51.4 Å². The molecule has 2 aromatic carbocycles. The van der Waals surface area contributed by atoms with Gasteiger partial charge in [-0.2, -0.15) is 4.58 Å². The second kappa shape index (κ2) is 13.1. The summed E-state index contributed by atoms with van der Waals surface area (Å²) in [4.78, 5) is 2.49. The summed E-state index contributed by atoms with van der Waals surface area (Å²) in [7, 11) is 13.5. The van der Waals surface area contributed by atoms with Crippen molar-refractivity contribution < 1.29 is 13.5 Å². The van der Waals surface area contributed by atoms with Crippen molar-refractivity contribution in [2.24, 2.45) is 0 Å². The second-order valence-corrected chi connectivity index (χ2v) is 17.2. The van der Waals surface area contributed by atoms with Crippen LogP contribution < -0.4 is 4.90 Å². The molecule has 7 heteroatoms. The highest BCUT2D eigenvalue weighted by atomic mass is 79.9. The predicted octanol–water partition coefficient (Wildman–Crippen LogP) is 9.08. The van der Waals surface area contributed by atoms with Crippen molar-refractivity contribution in [1.29, 1.82) is 0 Å². The Labute approximate surface area is 285 Å². The topological polar surface area (TPSA) is 6.25 Å². The summed E-state index contributed by atoms with van der Waals surface area (Å²) >= 11 is 16.9. The minimum Gasteiger partial charge on any atom is -0.344 e. The van der Waals surface area contributed by atoms with Gasteiger partial charge in [-0.15, -0.1) is 0 Å². The van der Waals surface area contributed by atoms with Crippen LogP contribution in [0.2, 0.25) is 10.0 Å². The van der Waals surface area contributed by atoms with E-state index in [0.29, 0.717) is 0 Å². The number of halogens is 3. The van der Waals surface area contributed by atoms with E-state index in [4.69, 9.17) is 23.2 Å². The Morgan fingerprint density at radius 3 is 2.07 bits per heavy atom. The van der Waals surface area contributed by atoms with E-state index in [9.17, 15) is 0 Å². The van der Waals surface area contributed by atoms with Crippen molar-refractivity contribution in [3.8, 4) is 0 Å². The number of benzene rings is 2. The lowest BCUT2D eigenvalue weighted by atomic mass is 9.81. The fraction of sp³-hybridized carbons (Fsp3) is 0.486. The van der Waals surface area contributed by atoms with E-state index in [1.54, 1.807) is 0 Å². The first-order valence-electron chi connectivity index (χ1n) is 15.7. The smallest absolute Gasteiger partial charge is 0.209 e. The van der Waals surface area contributed by atoms with E-state index >= 15 is 0 Å². The van der Waals surface area contributed by atoms with Crippen LogP contribution in [0.1, 0.15) is 51.7 Å². The number of quaternary nitrogens is 2.